The molecule has 0 saturated heterocycles. The van der Waals surface area contributed by atoms with E-state index >= 15 is 0 Å². The maximum absolute atomic E-state index is 11.9. The van der Waals surface area contributed by atoms with Crippen LogP contribution in [0.25, 0.3) is 0 Å². The zero-order chi connectivity index (χ0) is 12.3. The van der Waals surface area contributed by atoms with E-state index in [-0.39, 0.29) is 11.8 Å². The lowest BCUT2D eigenvalue weighted by molar-refractivity contribution is -0.138. The largest absolute Gasteiger partial charge is 0.481 e. The molecule has 0 aromatic carbocycles. The second-order valence-electron chi connectivity index (χ2n) is 4.66. The quantitative estimate of drug-likeness (QED) is 0.836. The van der Waals surface area contributed by atoms with E-state index in [0.29, 0.717) is 11.5 Å². The number of hydrogen-bond acceptors (Lipinski definition) is 3. The number of aliphatic carboxylic acids is 1. The first-order valence-electron chi connectivity index (χ1n) is 5.55. The molecule has 0 spiro atoms. The minimum Gasteiger partial charge on any atom is -0.481 e. The number of carboxylic acid groups (broad SMARTS) is 1. The maximum atomic E-state index is 11.9. The first-order valence-corrected chi connectivity index (χ1v) is 7.04. The second kappa shape index (κ2) is 4.96. The van der Waals surface area contributed by atoms with Crippen molar-refractivity contribution in [2.45, 2.75) is 25.0 Å². The minimum atomic E-state index is -0.998. The fourth-order valence-corrected chi connectivity index (χ4v) is 3.65. The number of pyridine rings is 1. The molecule has 4 nitrogen and oxygen atoms in total. The molecule has 17 heavy (non-hydrogen) atoms. The number of rotatable bonds is 6. The molecule has 1 aliphatic carbocycles. The highest BCUT2D eigenvalue weighted by Crippen LogP contribution is 2.49. The van der Waals surface area contributed by atoms with Crippen molar-refractivity contribution in [3.8, 4) is 0 Å². The number of carbonyl (C=O) groups is 1. The fraction of sp³-hybridized carbons (Fsp3) is 0.500. The van der Waals surface area contributed by atoms with Crippen LogP contribution in [0.1, 0.15) is 24.8 Å². The van der Waals surface area contributed by atoms with Gasteiger partial charge in [0.1, 0.15) is 0 Å². The van der Waals surface area contributed by atoms with Gasteiger partial charge in [-0.05, 0) is 29.9 Å². The van der Waals surface area contributed by atoms with Crippen LogP contribution in [0.3, 0.4) is 0 Å². The molecule has 5 heteroatoms. The van der Waals surface area contributed by atoms with E-state index in [0.717, 1.165) is 18.4 Å². The van der Waals surface area contributed by atoms with Gasteiger partial charge in [0.25, 0.3) is 0 Å². The number of hydrogen-bond donors (Lipinski definition) is 1. The van der Waals surface area contributed by atoms with Crippen molar-refractivity contribution < 1.29 is 14.1 Å². The highest BCUT2D eigenvalue weighted by Gasteiger charge is 2.45. The molecule has 1 fully saturated rings. The van der Waals surface area contributed by atoms with Crippen LogP contribution in [0.5, 0.6) is 0 Å². The molecule has 1 saturated carbocycles. The van der Waals surface area contributed by atoms with E-state index in [1.165, 1.54) is 0 Å². The van der Waals surface area contributed by atoms with Crippen molar-refractivity contribution in [3.63, 3.8) is 0 Å². The minimum absolute atomic E-state index is 0.145. The molecule has 1 aliphatic rings. The third-order valence-corrected chi connectivity index (χ3v) is 4.59. The summed E-state index contributed by atoms with van der Waals surface area (Å²) in [5.41, 5.74) is 0.746. The van der Waals surface area contributed by atoms with Crippen LogP contribution in [0, 0.1) is 5.41 Å². The summed E-state index contributed by atoms with van der Waals surface area (Å²) in [4.78, 5) is 14.7. The summed E-state index contributed by atoms with van der Waals surface area (Å²) in [6.07, 6.45) is 5.30. The van der Waals surface area contributed by atoms with Crippen LogP contribution in [0.2, 0.25) is 0 Å². The highest BCUT2D eigenvalue weighted by molar-refractivity contribution is 7.84. The fourth-order valence-electron chi connectivity index (χ4n) is 1.93. The molecule has 0 aliphatic heterocycles. The Morgan fingerprint density at radius 3 is 2.82 bits per heavy atom. The van der Waals surface area contributed by atoms with Crippen LogP contribution in [-0.2, 0) is 21.3 Å². The summed E-state index contributed by atoms with van der Waals surface area (Å²) < 4.78 is 11.9. The summed E-state index contributed by atoms with van der Waals surface area (Å²) >= 11 is 0. The van der Waals surface area contributed by atoms with E-state index < -0.39 is 16.8 Å². The van der Waals surface area contributed by atoms with Gasteiger partial charge in [-0.2, -0.15) is 0 Å². The zero-order valence-electron chi connectivity index (χ0n) is 9.46. The Kier molecular flexibility index (Phi) is 3.57. The van der Waals surface area contributed by atoms with Gasteiger partial charge in [-0.1, -0.05) is 6.07 Å². The maximum Gasteiger partial charge on any atom is 0.303 e. The molecule has 92 valence electrons. The van der Waals surface area contributed by atoms with E-state index in [4.69, 9.17) is 5.11 Å². The van der Waals surface area contributed by atoms with Gasteiger partial charge in [-0.3, -0.25) is 14.0 Å². The van der Waals surface area contributed by atoms with E-state index in [1.807, 2.05) is 12.1 Å². The van der Waals surface area contributed by atoms with Gasteiger partial charge in [-0.25, -0.2) is 0 Å². The smallest absolute Gasteiger partial charge is 0.303 e. The molecular formula is C12H15NO3S. The molecule has 0 amide bonds. The van der Waals surface area contributed by atoms with Gasteiger partial charge >= 0.3 is 5.97 Å². The van der Waals surface area contributed by atoms with Crippen molar-refractivity contribution in [3.05, 3.63) is 30.1 Å². The lowest BCUT2D eigenvalue weighted by Gasteiger charge is -2.11. The van der Waals surface area contributed by atoms with E-state index in [1.54, 1.807) is 12.4 Å². The topological polar surface area (TPSA) is 67.3 Å². The van der Waals surface area contributed by atoms with Gasteiger partial charge in [0, 0.05) is 28.9 Å². The summed E-state index contributed by atoms with van der Waals surface area (Å²) in [7, 11) is -0.998. The molecule has 1 aromatic heterocycles. The Labute approximate surface area is 103 Å². The molecule has 1 heterocycles. The Morgan fingerprint density at radius 1 is 1.53 bits per heavy atom. The van der Waals surface area contributed by atoms with Crippen LogP contribution >= 0.6 is 0 Å². The predicted molar refractivity (Wildman–Crippen MR) is 64.9 cm³/mol. The van der Waals surface area contributed by atoms with Crippen LogP contribution in [-0.4, -0.2) is 26.0 Å². The molecular weight excluding hydrogens is 238 g/mol. The summed E-state index contributed by atoms with van der Waals surface area (Å²) in [6.45, 7) is 0. The monoisotopic (exact) mass is 253 g/mol. The van der Waals surface area contributed by atoms with Crippen LogP contribution in [0.15, 0.2) is 24.5 Å². The van der Waals surface area contributed by atoms with Gasteiger partial charge in [-0.15, -0.1) is 0 Å². The van der Waals surface area contributed by atoms with Crippen LogP contribution in [0.4, 0.5) is 0 Å². The Balaban J connectivity index is 1.88. The van der Waals surface area contributed by atoms with Gasteiger partial charge < -0.3 is 5.11 Å². The molecule has 0 radical (unpaired) electrons. The Morgan fingerprint density at radius 2 is 2.29 bits per heavy atom. The second-order valence-corrected chi connectivity index (χ2v) is 6.12. The summed E-state index contributed by atoms with van der Waals surface area (Å²) in [5, 5.41) is 8.78. The average Bonchev–Trinajstić information content (AvgIpc) is 2.97. The summed E-state index contributed by atoms with van der Waals surface area (Å²) in [6, 6.07) is 3.71. The molecule has 1 N–H and O–H groups in total. The third-order valence-electron chi connectivity index (χ3n) is 3.00. The van der Waals surface area contributed by atoms with Crippen molar-refractivity contribution in [2.24, 2.45) is 5.41 Å². The lowest BCUT2D eigenvalue weighted by Crippen LogP contribution is -2.17. The molecule has 2 rings (SSSR count). The van der Waals surface area contributed by atoms with Crippen molar-refractivity contribution in [1.29, 1.82) is 0 Å². The average molecular weight is 253 g/mol. The SMILES string of the molecule is O=C(O)CC1(CS(=O)Cc2cccnc2)CC1. The Bertz CT molecular complexity index is 429. The summed E-state index contributed by atoms with van der Waals surface area (Å²) in [5.74, 6) is 0.171. The van der Waals surface area contributed by atoms with Crippen LogP contribution < -0.4 is 0 Å². The van der Waals surface area contributed by atoms with Crippen molar-refractivity contribution >= 4 is 16.8 Å². The highest BCUT2D eigenvalue weighted by atomic mass is 32.2. The molecule has 1 atom stereocenters. The number of nitrogens with zero attached hydrogens (tertiary/aromatic N) is 1. The first-order chi connectivity index (χ1) is 8.10. The molecule has 0 bridgehead atoms. The predicted octanol–water partition coefficient (Wildman–Crippen LogP) is 1.59. The normalized spacial score (nSPS) is 18.6. The van der Waals surface area contributed by atoms with E-state index in [9.17, 15) is 9.00 Å². The zero-order valence-corrected chi connectivity index (χ0v) is 10.3. The molecule has 1 unspecified atom stereocenters. The number of carboxylic acids is 1. The van der Waals surface area contributed by atoms with Crippen molar-refractivity contribution in [1.82, 2.24) is 4.98 Å². The number of aromatic nitrogens is 1. The third kappa shape index (κ3) is 3.63. The van der Waals surface area contributed by atoms with Gasteiger partial charge in [0.05, 0.1) is 12.2 Å². The first kappa shape index (κ1) is 12.2. The molecule has 1 aromatic rings. The standard InChI is InChI=1S/C12H15NO3S/c14-11(15)6-12(3-4-12)9-17(16)8-10-2-1-5-13-7-10/h1-2,5,7H,3-4,6,8-9H2,(H,14,15). The Hall–Kier alpha value is -1.23. The van der Waals surface area contributed by atoms with Gasteiger partial charge in [0.2, 0.25) is 0 Å². The van der Waals surface area contributed by atoms with Gasteiger partial charge in [0.15, 0.2) is 0 Å². The van der Waals surface area contributed by atoms with Crippen molar-refractivity contribution in [2.75, 3.05) is 5.75 Å². The lowest BCUT2D eigenvalue weighted by atomic mass is 10.1. The van der Waals surface area contributed by atoms with E-state index in [2.05, 4.69) is 4.98 Å².